The van der Waals surface area contributed by atoms with Gasteiger partial charge >= 0.3 is 6.03 Å². The van der Waals surface area contributed by atoms with Gasteiger partial charge in [0.2, 0.25) is 6.79 Å². The van der Waals surface area contributed by atoms with E-state index in [-0.39, 0.29) is 19.1 Å². The van der Waals surface area contributed by atoms with Crippen LogP contribution in [0.15, 0.2) is 41.8 Å². The number of carbonyl (C=O) groups is 3. The molecule has 3 aromatic rings. The fraction of sp³-hybridized carbons (Fsp3) is 0.320. The van der Waals surface area contributed by atoms with Gasteiger partial charge in [0.15, 0.2) is 17.3 Å². The Hall–Kier alpha value is -3.59. The SMILES string of the molecule is Cc1cc(C(=O)CN2C(=O)N[C@](C)(c3ccc4c(c3)OCO4)C2=O)c(C)n1CCc1cccs1. The van der Waals surface area contributed by atoms with Gasteiger partial charge in [0.05, 0.1) is 6.54 Å². The van der Waals surface area contributed by atoms with Crippen LogP contribution in [0.25, 0.3) is 0 Å². The number of ether oxygens (including phenoxy) is 2. The highest BCUT2D eigenvalue weighted by Gasteiger charge is 2.50. The van der Waals surface area contributed by atoms with Crippen LogP contribution in [0.1, 0.15) is 39.1 Å². The third-order valence-corrected chi connectivity index (χ3v) is 7.50. The second-order valence-corrected chi connectivity index (χ2v) is 9.74. The molecular formula is C25H25N3O5S. The zero-order chi connectivity index (χ0) is 24.0. The van der Waals surface area contributed by atoms with Crippen LogP contribution in [0.4, 0.5) is 4.79 Å². The van der Waals surface area contributed by atoms with Gasteiger partial charge in [-0.05, 0) is 62.4 Å². The molecule has 0 saturated carbocycles. The Bertz CT molecular complexity index is 1300. The number of Topliss-reactive ketones (excluding diaryl/α,β-unsaturated/α-hetero) is 1. The molecule has 5 rings (SSSR count). The second-order valence-electron chi connectivity index (χ2n) is 8.70. The lowest BCUT2D eigenvalue weighted by Crippen LogP contribution is -2.41. The van der Waals surface area contributed by atoms with Crippen LogP contribution in [-0.4, -0.2) is 40.5 Å². The minimum Gasteiger partial charge on any atom is -0.454 e. The summed E-state index contributed by atoms with van der Waals surface area (Å²) in [6.07, 6.45) is 0.878. The number of ketones is 1. The van der Waals surface area contributed by atoms with E-state index in [1.54, 1.807) is 36.5 Å². The van der Waals surface area contributed by atoms with Gasteiger partial charge in [0.1, 0.15) is 5.54 Å². The van der Waals surface area contributed by atoms with E-state index in [4.69, 9.17) is 9.47 Å². The number of amides is 3. The molecule has 176 valence electrons. The largest absolute Gasteiger partial charge is 0.454 e. The van der Waals surface area contributed by atoms with E-state index < -0.39 is 17.5 Å². The molecule has 4 heterocycles. The Morgan fingerprint density at radius 1 is 1.15 bits per heavy atom. The van der Waals surface area contributed by atoms with Gasteiger partial charge in [-0.3, -0.25) is 14.5 Å². The van der Waals surface area contributed by atoms with Crippen LogP contribution in [0.2, 0.25) is 0 Å². The third-order valence-electron chi connectivity index (χ3n) is 6.56. The van der Waals surface area contributed by atoms with Crippen LogP contribution in [0, 0.1) is 13.8 Å². The number of thiophene rings is 1. The summed E-state index contributed by atoms with van der Waals surface area (Å²) in [4.78, 5) is 41.5. The quantitative estimate of drug-likeness (QED) is 0.411. The number of hydrogen-bond donors (Lipinski definition) is 1. The average molecular weight is 480 g/mol. The molecule has 1 N–H and O–H groups in total. The van der Waals surface area contributed by atoms with Crippen molar-refractivity contribution in [3.63, 3.8) is 0 Å². The minimum absolute atomic E-state index is 0.113. The third kappa shape index (κ3) is 3.66. The van der Waals surface area contributed by atoms with Crippen molar-refractivity contribution in [2.45, 2.75) is 39.3 Å². The number of imide groups is 1. The summed E-state index contributed by atoms with van der Waals surface area (Å²) in [7, 11) is 0. The Labute approximate surface area is 201 Å². The van der Waals surface area contributed by atoms with Crippen LogP contribution in [-0.2, 0) is 23.3 Å². The summed E-state index contributed by atoms with van der Waals surface area (Å²) in [6, 6.07) is 10.5. The monoisotopic (exact) mass is 479 g/mol. The molecular weight excluding hydrogens is 454 g/mol. The summed E-state index contributed by atoms with van der Waals surface area (Å²) in [5.74, 6) is 0.362. The molecule has 1 saturated heterocycles. The molecule has 8 nitrogen and oxygen atoms in total. The zero-order valence-corrected chi connectivity index (χ0v) is 20.0. The maximum Gasteiger partial charge on any atom is 0.325 e. The molecule has 9 heteroatoms. The highest BCUT2D eigenvalue weighted by Crippen LogP contribution is 2.38. The van der Waals surface area contributed by atoms with Crippen LogP contribution < -0.4 is 14.8 Å². The van der Waals surface area contributed by atoms with E-state index in [1.807, 2.05) is 26.0 Å². The first-order chi connectivity index (χ1) is 16.3. The first-order valence-electron chi connectivity index (χ1n) is 11.0. The van der Waals surface area contributed by atoms with Crippen molar-refractivity contribution in [1.82, 2.24) is 14.8 Å². The van der Waals surface area contributed by atoms with Crippen molar-refractivity contribution in [2.24, 2.45) is 0 Å². The van der Waals surface area contributed by atoms with Crippen molar-refractivity contribution < 1.29 is 23.9 Å². The number of aryl methyl sites for hydroxylation is 2. The molecule has 1 fully saturated rings. The molecule has 34 heavy (non-hydrogen) atoms. The number of carbonyl (C=O) groups excluding carboxylic acids is 3. The van der Waals surface area contributed by atoms with Gasteiger partial charge in [-0.2, -0.15) is 0 Å². The molecule has 0 unspecified atom stereocenters. The molecule has 2 aliphatic rings. The normalized spacial score (nSPS) is 19.1. The van der Waals surface area contributed by atoms with Gasteiger partial charge in [-0.15, -0.1) is 11.3 Å². The number of benzene rings is 1. The molecule has 1 atom stereocenters. The minimum atomic E-state index is -1.30. The number of aromatic nitrogens is 1. The molecule has 2 aromatic heterocycles. The molecule has 0 spiro atoms. The highest BCUT2D eigenvalue weighted by atomic mass is 32.1. The number of fused-ring (bicyclic) bond motifs is 1. The van der Waals surface area contributed by atoms with Gasteiger partial charge in [-0.1, -0.05) is 12.1 Å². The summed E-state index contributed by atoms with van der Waals surface area (Å²) in [5, 5.41) is 4.80. The fourth-order valence-corrected chi connectivity index (χ4v) is 5.28. The van der Waals surface area contributed by atoms with Crippen molar-refractivity contribution in [3.8, 4) is 11.5 Å². The van der Waals surface area contributed by atoms with E-state index >= 15 is 0 Å². The van der Waals surface area contributed by atoms with Crippen LogP contribution in [0.3, 0.4) is 0 Å². The number of urea groups is 1. The Balaban J connectivity index is 1.33. The van der Waals surface area contributed by atoms with Crippen molar-refractivity contribution in [2.75, 3.05) is 13.3 Å². The standard InChI is InChI=1S/C25H25N3O5S/c1-15-11-19(16(2)27(15)9-8-18-5-4-10-34-18)20(29)13-28-23(30)25(3,26-24(28)31)17-6-7-21-22(12-17)33-14-32-21/h4-7,10-12H,8-9,13-14H2,1-3H3,(H,26,31)/t25-/m1/s1. The number of nitrogens with zero attached hydrogens (tertiary/aromatic N) is 2. The predicted octanol–water partition coefficient (Wildman–Crippen LogP) is 3.79. The molecule has 0 aliphatic carbocycles. The maximum atomic E-state index is 13.3. The van der Waals surface area contributed by atoms with E-state index in [0.29, 0.717) is 22.6 Å². The van der Waals surface area contributed by atoms with E-state index in [2.05, 4.69) is 21.3 Å². The van der Waals surface area contributed by atoms with Crippen LogP contribution >= 0.6 is 11.3 Å². The van der Waals surface area contributed by atoms with Crippen molar-refractivity contribution in [3.05, 3.63) is 69.2 Å². The van der Waals surface area contributed by atoms with Gasteiger partial charge in [-0.25, -0.2) is 4.79 Å². The maximum absolute atomic E-state index is 13.3. The van der Waals surface area contributed by atoms with Crippen molar-refractivity contribution in [1.29, 1.82) is 0 Å². The molecule has 1 aromatic carbocycles. The zero-order valence-electron chi connectivity index (χ0n) is 19.2. The summed E-state index contributed by atoms with van der Waals surface area (Å²) >= 11 is 1.71. The molecule has 0 radical (unpaired) electrons. The highest BCUT2D eigenvalue weighted by molar-refractivity contribution is 7.09. The number of nitrogens with one attached hydrogen (secondary N) is 1. The smallest absolute Gasteiger partial charge is 0.325 e. The van der Waals surface area contributed by atoms with Crippen LogP contribution in [0.5, 0.6) is 11.5 Å². The van der Waals surface area contributed by atoms with E-state index in [1.165, 1.54) is 4.88 Å². The predicted molar refractivity (Wildman–Crippen MR) is 126 cm³/mol. The molecule has 3 amide bonds. The topological polar surface area (TPSA) is 89.9 Å². The Morgan fingerprint density at radius 3 is 2.71 bits per heavy atom. The second kappa shape index (κ2) is 8.32. The summed E-state index contributed by atoms with van der Waals surface area (Å²) in [5.41, 5.74) is 1.61. The summed E-state index contributed by atoms with van der Waals surface area (Å²) in [6.45, 7) is 6.05. The Kier molecular flexibility index (Phi) is 5.44. The average Bonchev–Trinajstić information content (AvgIpc) is 3.58. The number of hydrogen-bond acceptors (Lipinski definition) is 6. The number of rotatable bonds is 7. The Morgan fingerprint density at radius 2 is 1.94 bits per heavy atom. The lowest BCUT2D eigenvalue weighted by molar-refractivity contribution is -0.130. The fourth-order valence-electron chi connectivity index (χ4n) is 4.58. The molecule has 2 aliphatic heterocycles. The van der Waals surface area contributed by atoms with Gasteiger partial charge in [0.25, 0.3) is 5.91 Å². The van der Waals surface area contributed by atoms with E-state index in [9.17, 15) is 14.4 Å². The lowest BCUT2D eigenvalue weighted by atomic mass is 9.91. The first-order valence-corrected chi connectivity index (χ1v) is 11.9. The van der Waals surface area contributed by atoms with Gasteiger partial charge < -0.3 is 19.4 Å². The summed E-state index contributed by atoms with van der Waals surface area (Å²) < 4.78 is 12.8. The lowest BCUT2D eigenvalue weighted by Gasteiger charge is -2.22. The van der Waals surface area contributed by atoms with Crippen molar-refractivity contribution >= 4 is 29.1 Å². The first kappa shape index (κ1) is 22.2. The van der Waals surface area contributed by atoms with E-state index in [0.717, 1.165) is 29.3 Å². The van der Waals surface area contributed by atoms with Gasteiger partial charge in [0, 0.05) is 28.4 Å². The molecule has 0 bridgehead atoms.